The van der Waals surface area contributed by atoms with Crippen LogP contribution in [-0.2, 0) is 4.74 Å². The van der Waals surface area contributed by atoms with E-state index in [2.05, 4.69) is 25.2 Å². The quantitative estimate of drug-likeness (QED) is 0.491. The van der Waals surface area contributed by atoms with Crippen molar-refractivity contribution in [2.45, 2.75) is 88.8 Å². The first kappa shape index (κ1) is 25.3. The molecule has 4 aliphatic rings. The zero-order valence-corrected chi connectivity index (χ0v) is 22.3. The van der Waals surface area contributed by atoms with Crippen LogP contribution in [0.25, 0.3) is 11.2 Å². The number of hydrogen-bond donors (Lipinski definition) is 3. The second kappa shape index (κ2) is 11.8. The van der Waals surface area contributed by atoms with Gasteiger partial charge >= 0.3 is 0 Å². The van der Waals surface area contributed by atoms with Crippen LogP contribution in [0.2, 0.25) is 0 Å². The normalized spacial score (nSPS) is 27.2. The minimum Gasteiger partial charge on any atom is -0.379 e. The van der Waals surface area contributed by atoms with Crippen molar-refractivity contribution in [1.29, 1.82) is 0 Å². The lowest BCUT2D eigenvalue weighted by atomic mass is 9.92. The summed E-state index contributed by atoms with van der Waals surface area (Å²) in [7, 11) is 0. The second-order valence-electron chi connectivity index (χ2n) is 11.7. The molecule has 0 atom stereocenters. The Hall–Kier alpha value is -2.01. The Morgan fingerprint density at radius 1 is 0.919 bits per heavy atom. The van der Waals surface area contributed by atoms with Gasteiger partial charge in [-0.05, 0) is 70.3 Å². The van der Waals surface area contributed by atoms with E-state index in [1.54, 1.807) is 0 Å². The average Bonchev–Trinajstić information content (AvgIpc) is 3.61. The van der Waals surface area contributed by atoms with Crippen molar-refractivity contribution in [3.63, 3.8) is 0 Å². The van der Waals surface area contributed by atoms with Crippen LogP contribution in [0.4, 0.5) is 11.8 Å². The monoisotopic (exact) mass is 511 g/mol. The van der Waals surface area contributed by atoms with E-state index in [0.717, 1.165) is 93.9 Å². The van der Waals surface area contributed by atoms with E-state index < -0.39 is 0 Å². The molecule has 0 amide bonds. The third kappa shape index (κ3) is 6.19. The molecule has 0 aromatic carbocycles. The third-order valence-electron chi connectivity index (χ3n) is 9.08. The fourth-order valence-electron chi connectivity index (χ4n) is 6.63. The van der Waals surface area contributed by atoms with Crippen LogP contribution in [-0.4, -0.2) is 87.4 Å². The van der Waals surface area contributed by atoms with Crippen molar-refractivity contribution >= 4 is 22.9 Å². The zero-order chi connectivity index (χ0) is 25.0. The van der Waals surface area contributed by atoms with Crippen LogP contribution in [0.5, 0.6) is 0 Å². The van der Waals surface area contributed by atoms with Gasteiger partial charge < -0.3 is 25.8 Å². The number of morpholine rings is 1. The highest BCUT2D eigenvalue weighted by molar-refractivity contribution is 5.84. The Morgan fingerprint density at radius 3 is 2.43 bits per heavy atom. The molecular weight excluding hydrogens is 466 g/mol. The maximum Gasteiger partial charge on any atom is 0.227 e. The minimum absolute atomic E-state index is 0.333. The predicted octanol–water partition coefficient (Wildman–Crippen LogP) is 3.38. The molecular formula is C27H45N9O. The Kier molecular flexibility index (Phi) is 8.06. The van der Waals surface area contributed by atoms with Crippen molar-refractivity contribution in [3.8, 4) is 0 Å². The van der Waals surface area contributed by atoms with Crippen LogP contribution < -0.4 is 16.5 Å². The first-order chi connectivity index (χ1) is 18.2. The van der Waals surface area contributed by atoms with Gasteiger partial charge in [-0.25, -0.2) is 9.99 Å². The number of fused-ring (bicyclic) bond motifs is 1. The minimum atomic E-state index is 0.333. The molecule has 2 saturated heterocycles. The number of anilines is 2. The molecule has 37 heavy (non-hydrogen) atoms. The smallest absolute Gasteiger partial charge is 0.227 e. The van der Waals surface area contributed by atoms with E-state index in [1.807, 2.05) is 6.33 Å². The lowest BCUT2D eigenvalue weighted by Gasteiger charge is -2.34. The summed E-state index contributed by atoms with van der Waals surface area (Å²) in [5, 5.41) is 5.98. The topological polar surface area (TPSA) is 109 Å². The standard InChI is InChI=1S/C27H45N9O/c28-21-5-7-22(8-6-21)30-27-31-25(24-26(32-27)36(19-29-24)23-3-1-2-4-23)33-35-13-10-20(11-14-35)9-12-34-15-17-37-18-16-34/h19-23H,1-18,28H2,(H2,30,31,32,33). The number of hydrogen-bond acceptors (Lipinski definition) is 9. The van der Waals surface area contributed by atoms with Crippen molar-refractivity contribution in [2.75, 3.05) is 56.7 Å². The lowest BCUT2D eigenvalue weighted by molar-refractivity contribution is 0.0338. The maximum atomic E-state index is 6.14. The van der Waals surface area contributed by atoms with Crippen molar-refractivity contribution < 1.29 is 4.74 Å². The Labute approximate surface area is 220 Å². The molecule has 0 radical (unpaired) electrons. The fourth-order valence-corrected chi connectivity index (χ4v) is 6.63. The molecule has 2 aliphatic carbocycles. The van der Waals surface area contributed by atoms with Gasteiger partial charge in [-0.15, -0.1) is 0 Å². The molecule has 2 aliphatic heterocycles. The van der Waals surface area contributed by atoms with Gasteiger partial charge in [0.2, 0.25) is 5.95 Å². The fraction of sp³-hybridized carbons (Fsp3) is 0.815. The maximum absolute atomic E-state index is 6.14. The first-order valence-corrected chi connectivity index (χ1v) is 14.8. The highest BCUT2D eigenvalue weighted by Gasteiger charge is 2.26. The molecule has 4 heterocycles. The van der Waals surface area contributed by atoms with E-state index >= 15 is 0 Å². The molecule has 4 fully saturated rings. The van der Waals surface area contributed by atoms with Gasteiger partial charge in [-0.3, -0.25) is 4.90 Å². The molecule has 6 rings (SSSR count). The van der Waals surface area contributed by atoms with E-state index in [-0.39, 0.29) is 0 Å². The van der Waals surface area contributed by atoms with Crippen LogP contribution in [0.15, 0.2) is 6.33 Å². The van der Waals surface area contributed by atoms with E-state index in [9.17, 15) is 0 Å². The Bertz CT molecular complexity index is 1000. The molecule has 0 spiro atoms. The highest BCUT2D eigenvalue weighted by atomic mass is 16.5. The molecule has 10 nitrogen and oxygen atoms in total. The van der Waals surface area contributed by atoms with Crippen LogP contribution in [0, 0.1) is 5.92 Å². The number of imidazole rings is 1. The van der Waals surface area contributed by atoms with Gasteiger partial charge in [0, 0.05) is 44.3 Å². The van der Waals surface area contributed by atoms with Gasteiger partial charge in [0.05, 0.1) is 19.5 Å². The number of hydrazine groups is 1. The van der Waals surface area contributed by atoms with E-state index in [4.69, 9.17) is 25.4 Å². The highest BCUT2D eigenvalue weighted by Crippen LogP contribution is 2.34. The number of ether oxygens (including phenoxy) is 1. The predicted molar refractivity (Wildman–Crippen MR) is 146 cm³/mol. The number of piperidine rings is 1. The van der Waals surface area contributed by atoms with E-state index in [0.29, 0.717) is 18.1 Å². The van der Waals surface area contributed by atoms with Gasteiger partial charge in [0.25, 0.3) is 0 Å². The lowest BCUT2D eigenvalue weighted by Crippen LogP contribution is -2.40. The summed E-state index contributed by atoms with van der Waals surface area (Å²) >= 11 is 0. The molecule has 2 aromatic rings. The molecule has 0 bridgehead atoms. The van der Waals surface area contributed by atoms with Gasteiger partial charge in [0.1, 0.15) is 0 Å². The van der Waals surface area contributed by atoms with Gasteiger partial charge in [-0.1, -0.05) is 12.8 Å². The summed E-state index contributed by atoms with van der Waals surface area (Å²) in [4.78, 5) is 17.3. The first-order valence-electron chi connectivity index (χ1n) is 14.8. The summed E-state index contributed by atoms with van der Waals surface area (Å²) in [5.74, 6) is 2.35. The second-order valence-corrected chi connectivity index (χ2v) is 11.7. The summed E-state index contributed by atoms with van der Waals surface area (Å²) in [6, 6.07) is 1.21. The Morgan fingerprint density at radius 2 is 1.68 bits per heavy atom. The molecule has 204 valence electrons. The molecule has 2 saturated carbocycles. The number of nitrogens with one attached hydrogen (secondary N) is 2. The number of rotatable bonds is 8. The summed E-state index contributed by atoms with van der Waals surface area (Å²) < 4.78 is 7.80. The summed E-state index contributed by atoms with van der Waals surface area (Å²) in [5.41, 5.74) is 11.6. The average molecular weight is 512 g/mol. The Balaban J connectivity index is 1.13. The van der Waals surface area contributed by atoms with Crippen LogP contribution >= 0.6 is 0 Å². The van der Waals surface area contributed by atoms with E-state index in [1.165, 1.54) is 51.5 Å². The molecule has 2 aromatic heterocycles. The van der Waals surface area contributed by atoms with Crippen molar-refractivity contribution in [2.24, 2.45) is 11.7 Å². The van der Waals surface area contributed by atoms with Gasteiger partial charge in [0.15, 0.2) is 17.0 Å². The van der Waals surface area contributed by atoms with Crippen molar-refractivity contribution in [1.82, 2.24) is 29.4 Å². The zero-order valence-electron chi connectivity index (χ0n) is 22.3. The molecule has 4 N–H and O–H groups in total. The third-order valence-corrected chi connectivity index (χ3v) is 9.08. The SMILES string of the molecule is NC1CCC(Nc2nc(NN3CCC(CCN4CCOCC4)CC3)c3ncn(C4CCCC4)c3n2)CC1. The largest absolute Gasteiger partial charge is 0.379 e. The number of nitrogens with two attached hydrogens (primary N) is 1. The number of nitrogens with zero attached hydrogens (tertiary/aromatic N) is 6. The van der Waals surface area contributed by atoms with Crippen molar-refractivity contribution in [3.05, 3.63) is 6.33 Å². The summed E-state index contributed by atoms with van der Waals surface area (Å²) in [6.07, 6.45) is 15.0. The molecule has 0 unspecified atom stereocenters. The number of aromatic nitrogens is 4. The molecule has 10 heteroatoms. The van der Waals surface area contributed by atoms with Crippen LogP contribution in [0.3, 0.4) is 0 Å². The van der Waals surface area contributed by atoms with Crippen LogP contribution in [0.1, 0.15) is 76.7 Å². The summed E-state index contributed by atoms with van der Waals surface area (Å²) in [6.45, 7) is 7.21. The van der Waals surface area contributed by atoms with Gasteiger partial charge in [-0.2, -0.15) is 9.97 Å².